The molecule has 0 bridgehead atoms. The van der Waals surface area contributed by atoms with Crippen molar-refractivity contribution in [2.45, 2.75) is 25.7 Å². The molecule has 10 heteroatoms. The molecule has 2 heterocycles. The number of ether oxygens (including phenoxy) is 3. The van der Waals surface area contributed by atoms with Gasteiger partial charge in [-0.25, -0.2) is 9.18 Å². The van der Waals surface area contributed by atoms with Crippen LogP contribution in [0.5, 0.6) is 17.2 Å². The highest BCUT2D eigenvalue weighted by Crippen LogP contribution is 2.39. The number of benzene rings is 2. The first-order chi connectivity index (χ1) is 17.4. The number of hydrogen-bond acceptors (Lipinski definition) is 7. The Morgan fingerprint density at radius 3 is 2.67 bits per heavy atom. The molecule has 1 aromatic heterocycles. The highest BCUT2D eigenvalue weighted by atomic mass is 19.1. The Morgan fingerprint density at radius 2 is 1.92 bits per heavy atom. The molecule has 1 amide bonds. The molecule has 2 aromatic carbocycles. The number of aromatic hydroxyl groups is 1. The molecule has 0 spiro atoms. The SMILES string of the molecule is CCOC(=O)c1c[nH]c(=O)c([C@@H](CC(=O)NCCc2ccc(F)cc2)c2ccc3c(c2)OCO3)c1O. The zero-order valence-electron chi connectivity index (χ0n) is 19.5. The summed E-state index contributed by atoms with van der Waals surface area (Å²) in [5, 5.41) is 13.7. The van der Waals surface area contributed by atoms with E-state index >= 15 is 0 Å². The number of H-pyrrole nitrogens is 1. The van der Waals surface area contributed by atoms with Gasteiger partial charge in [0.1, 0.15) is 17.1 Å². The summed E-state index contributed by atoms with van der Waals surface area (Å²) < 4.78 is 28.9. The Bertz CT molecular complexity index is 1320. The Morgan fingerprint density at radius 1 is 1.17 bits per heavy atom. The molecule has 1 aliphatic heterocycles. The maximum absolute atomic E-state index is 13.1. The van der Waals surface area contributed by atoms with Gasteiger partial charge < -0.3 is 29.6 Å². The lowest BCUT2D eigenvalue weighted by molar-refractivity contribution is -0.121. The fourth-order valence-electron chi connectivity index (χ4n) is 4.00. The predicted molar refractivity (Wildman–Crippen MR) is 127 cm³/mol. The molecular formula is C26H25FN2O7. The van der Waals surface area contributed by atoms with Gasteiger partial charge in [-0.1, -0.05) is 18.2 Å². The zero-order chi connectivity index (χ0) is 25.7. The molecule has 4 rings (SSSR count). The molecule has 0 saturated carbocycles. The number of halogens is 1. The highest BCUT2D eigenvalue weighted by molar-refractivity contribution is 5.92. The topological polar surface area (TPSA) is 127 Å². The summed E-state index contributed by atoms with van der Waals surface area (Å²) in [5.41, 5.74) is 0.347. The number of esters is 1. The Kier molecular flexibility index (Phi) is 7.53. The first-order valence-corrected chi connectivity index (χ1v) is 11.4. The zero-order valence-corrected chi connectivity index (χ0v) is 19.5. The molecule has 188 valence electrons. The number of fused-ring (bicyclic) bond motifs is 1. The molecule has 1 aliphatic rings. The smallest absolute Gasteiger partial charge is 0.343 e. The van der Waals surface area contributed by atoms with Crippen LogP contribution in [-0.4, -0.2) is 41.9 Å². The fraction of sp³-hybridized carbons (Fsp3) is 0.269. The van der Waals surface area contributed by atoms with Crippen LogP contribution in [0.15, 0.2) is 53.5 Å². The minimum Gasteiger partial charge on any atom is -0.506 e. The number of aromatic amines is 1. The van der Waals surface area contributed by atoms with E-state index in [0.717, 1.165) is 11.8 Å². The molecule has 3 N–H and O–H groups in total. The molecule has 0 aliphatic carbocycles. The van der Waals surface area contributed by atoms with Gasteiger partial charge >= 0.3 is 5.97 Å². The molecular weight excluding hydrogens is 471 g/mol. The summed E-state index contributed by atoms with van der Waals surface area (Å²) in [4.78, 5) is 40.5. The summed E-state index contributed by atoms with van der Waals surface area (Å²) in [7, 11) is 0. The van der Waals surface area contributed by atoms with Gasteiger partial charge in [0.2, 0.25) is 12.7 Å². The second-order valence-corrected chi connectivity index (χ2v) is 8.11. The van der Waals surface area contributed by atoms with Crippen molar-refractivity contribution in [3.8, 4) is 17.2 Å². The lowest BCUT2D eigenvalue weighted by atomic mass is 9.87. The number of pyridine rings is 1. The maximum atomic E-state index is 13.1. The normalized spacial score (nSPS) is 12.7. The molecule has 3 aromatic rings. The highest BCUT2D eigenvalue weighted by Gasteiger charge is 2.29. The van der Waals surface area contributed by atoms with E-state index in [0.29, 0.717) is 23.5 Å². The van der Waals surface area contributed by atoms with Crippen molar-refractivity contribution >= 4 is 11.9 Å². The Labute approximate surface area is 205 Å². The van der Waals surface area contributed by atoms with Gasteiger partial charge in [0, 0.05) is 25.1 Å². The van der Waals surface area contributed by atoms with E-state index in [1.807, 2.05) is 0 Å². The third kappa shape index (κ3) is 5.48. The number of hydrogen-bond donors (Lipinski definition) is 3. The fourth-order valence-corrected chi connectivity index (χ4v) is 4.00. The number of carbonyl (C=O) groups is 2. The third-order valence-corrected chi connectivity index (χ3v) is 5.78. The number of aromatic nitrogens is 1. The molecule has 0 saturated heterocycles. The van der Waals surface area contributed by atoms with Crippen LogP contribution in [0.3, 0.4) is 0 Å². The van der Waals surface area contributed by atoms with E-state index in [-0.39, 0.29) is 49.2 Å². The van der Waals surface area contributed by atoms with Gasteiger partial charge in [-0.05, 0) is 48.7 Å². The summed E-state index contributed by atoms with van der Waals surface area (Å²) in [6, 6.07) is 10.9. The van der Waals surface area contributed by atoms with Crippen molar-refractivity contribution < 1.29 is 33.3 Å². The van der Waals surface area contributed by atoms with Crippen LogP contribution in [0.25, 0.3) is 0 Å². The summed E-state index contributed by atoms with van der Waals surface area (Å²) in [5.74, 6) is -2.06. The summed E-state index contributed by atoms with van der Waals surface area (Å²) >= 11 is 0. The van der Waals surface area contributed by atoms with Crippen LogP contribution in [0.1, 0.15) is 46.3 Å². The predicted octanol–water partition coefficient (Wildman–Crippen LogP) is 3.01. The number of amides is 1. The largest absolute Gasteiger partial charge is 0.506 e. The summed E-state index contributed by atoms with van der Waals surface area (Å²) in [6.07, 6.45) is 1.36. The van der Waals surface area contributed by atoms with Gasteiger partial charge in [0.15, 0.2) is 11.5 Å². The van der Waals surface area contributed by atoms with E-state index in [4.69, 9.17) is 14.2 Å². The van der Waals surface area contributed by atoms with Crippen molar-refractivity contribution in [1.82, 2.24) is 10.3 Å². The Hall–Kier alpha value is -4.34. The van der Waals surface area contributed by atoms with Crippen LogP contribution < -0.4 is 20.3 Å². The summed E-state index contributed by atoms with van der Waals surface area (Å²) in [6.45, 7) is 2.02. The second-order valence-electron chi connectivity index (χ2n) is 8.11. The minimum absolute atomic E-state index is 0.0392. The van der Waals surface area contributed by atoms with Gasteiger partial charge in [-0.2, -0.15) is 0 Å². The number of carbonyl (C=O) groups excluding carboxylic acids is 2. The van der Waals surface area contributed by atoms with Crippen molar-refractivity contribution in [2.24, 2.45) is 0 Å². The average molecular weight is 496 g/mol. The third-order valence-electron chi connectivity index (χ3n) is 5.78. The first-order valence-electron chi connectivity index (χ1n) is 11.4. The van der Waals surface area contributed by atoms with Crippen molar-refractivity contribution in [2.75, 3.05) is 19.9 Å². The van der Waals surface area contributed by atoms with E-state index in [9.17, 15) is 23.9 Å². The molecule has 1 atom stereocenters. The standard InChI is InChI=1S/C26H25FN2O7/c1-2-34-26(33)19-13-29-25(32)23(24(19)31)18(16-5-8-20-21(11-16)36-14-35-20)12-22(30)28-10-9-15-3-6-17(27)7-4-15/h3-8,11,13,18H,2,9-10,12,14H2,1H3,(H,28,30)(H2,29,31,32)/t18-/m0/s1. The number of rotatable bonds is 9. The maximum Gasteiger partial charge on any atom is 0.343 e. The van der Waals surface area contributed by atoms with Gasteiger partial charge in [0.25, 0.3) is 5.56 Å². The van der Waals surface area contributed by atoms with Gasteiger partial charge in [-0.15, -0.1) is 0 Å². The van der Waals surface area contributed by atoms with E-state index in [2.05, 4.69) is 10.3 Å². The molecule has 36 heavy (non-hydrogen) atoms. The first kappa shape index (κ1) is 24.8. The lowest BCUT2D eigenvalue weighted by Gasteiger charge is -2.19. The van der Waals surface area contributed by atoms with Crippen LogP contribution in [0.2, 0.25) is 0 Å². The second kappa shape index (κ2) is 10.9. The lowest BCUT2D eigenvalue weighted by Crippen LogP contribution is -2.29. The molecule has 0 fully saturated rings. The van der Waals surface area contributed by atoms with Gasteiger partial charge in [0.05, 0.1) is 12.2 Å². The Balaban J connectivity index is 1.62. The molecule has 0 radical (unpaired) electrons. The van der Waals surface area contributed by atoms with Gasteiger partial charge in [-0.3, -0.25) is 9.59 Å². The van der Waals surface area contributed by atoms with Crippen molar-refractivity contribution in [3.05, 3.63) is 87.1 Å². The average Bonchev–Trinajstić information content (AvgIpc) is 3.33. The quantitative estimate of drug-likeness (QED) is 0.389. The number of nitrogens with one attached hydrogen (secondary N) is 2. The molecule has 9 nitrogen and oxygen atoms in total. The van der Waals surface area contributed by atoms with E-state index < -0.39 is 23.2 Å². The van der Waals surface area contributed by atoms with Crippen LogP contribution in [0.4, 0.5) is 4.39 Å². The van der Waals surface area contributed by atoms with Crippen LogP contribution in [-0.2, 0) is 16.0 Å². The van der Waals surface area contributed by atoms with Crippen molar-refractivity contribution in [1.29, 1.82) is 0 Å². The van der Waals surface area contributed by atoms with Crippen LogP contribution in [0, 0.1) is 5.82 Å². The minimum atomic E-state index is -0.913. The van der Waals surface area contributed by atoms with Crippen LogP contribution >= 0.6 is 0 Å². The monoisotopic (exact) mass is 496 g/mol. The molecule has 0 unspecified atom stereocenters. The van der Waals surface area contributed by atoms with Crippen molar-refractivity contribution in [3.63, 3.8) is 0 Å². The van der Waals surface area contributed by atoms with E-state index in [1.54, 1.807) is 37.3 Å². The van der Waals surface area contributed by atoms with E-state index in [1.165, 1.54) is 12.1 Å².